The highest BCUT2D eigenvalue weighted by atomic mass is 16.2. The summed E-state index contributed by atoms with van der Waals surface area (Å²) in [6.45, 7) is 3.72. The minimum absolute atomic E-state index is 0.102. The number of anilines is 3. The van der Waals surface area contributed by atoms with Gasteiger partial charge < -0.3 is 20.9 Å². The molecule has 164 valence electrons. The van der Waals surface area contributed by atoms with Crippen molar-refractivity contribution in [3.8, 4) is 0 Å². The number of nitrogens with one attached hydrogen (secondary N) is 4. The Morgan fingerprint density at radius 2 is 2.09 bits per heavy atom. The Morgan fingerprint density at radius 1 is 1.25 bits per heavy atom. The third-order valence-corrected chi connectivity index (χ3v) is 6.14. The molecule has 0 saturated carbocycles. The van der Waals surface area contributed by atoms with E-state index in [1.807, 2.05) is 26.1 Å². The summed E-state index contributed by atoms with van der Waals surface area (Å²) < 4.78 is 1.68. The Balaban J connectivity index is 1.44. The summed E-state index contributed by atoms with van der Waals surface area (Å²) >= 11 is 0. The molecule has 9 nitrogen and oxygen atoms in total. The van der Waals surface area contributed by atoms with E-state index in [4.69, 9.17) is 4.98 Å². The van der Waals surface area contributed by atoms with E-state index >= 15 is 0 Å². The van der Waals surface area contributed by atoms with Crippen LogP contribution in [-0.2, 0) is 11.2 Å². The minimum atomic E-state index is -0.415. The van der Waals surface area contributed by atoms with Gasteiger partial charge in [0.25, 0.3) is 0 Å². The van der Waals surface area contributed by atoms with Gasteiger partial charge in [-0.1, -0.05) is 24.3 Å². The number of likely N-dealkylation sites (N-methyl/N-ethyl adjacent to an activating group) is 1. The van der Waals surface area contributed by atoms with Crippen LogP contribution < -0.4 is 16.0 Å². The van der Waals surface area contributed by atoms with E-state index < -0.39 is 6.04 Å². The summed E-state index contributed by atoms with van der Waals surface area (Å²) in [5.74, 6) is 1.14. The van der Waals surface area contributed by atoms with Crippen LogP contribution in [0, 0.1) is 6.92 Å². The van der Waals surface area contributed by atoms with Gasteiger partial charge in [0.2, 0.25) is 11.9 Å². The lowest BCUT2D eigenvalue weighted by molar-refractivity contribution is -0.123. The average molecular weight is 431 g/mol. The van der Waals surface area contributed by atoms with Gasteiger partial charge in [-0.15, -0.1) is 0 Å². The lowest BCUT2D eigenvalue weighted by atomic mass is 10.1. The molecule has 0 saturated heterocycles. The molecule has 1 aromatic carbocycles. The fourth-order valence-electron chi connectivity index (χ4n) is 4.36. The minimum Gasteiger partial charge on any atom is -0.363 e. The maximum absolute atomic E-state index is 12.0. The normalized spacial score (nSPS) is 16.0. The predicted molar refractivity (Wildman–Crippen MR) is 124 cm³/mol. The second kappa shape index (κ2) is 7.99. The van der Waals surface area contributed by atoms with Crippen molar-refractivity contribution in [2.24, 2.45) is 0 Å². The number of carbonyl (C=O) groups excluding carboxylic acids is 1. The van der Waals surface area contributed by atoms with E-state index in [0.717, 1.165) is 41.1 Å². The zero-order valence-corrected chi connectivity index (χ0v) is 18.3. The van der Waals surface area contributed by atoms with Gasteiger partial charge in [-0.25, -0.2) is 0 Å². The Morgan fingerprint density at radius 3 is 2.94 bits per heavy atom. The van der Waals surface area contributed by atoms with Crippen LogP contribution in [0.5, 0.6) is 0 Å². The van der Waals surface area contributed by atoms with Crippen molar-refractivity contribution < 1.29 is 4.79 Å². The number of nitrogens with zero attached hydrogens (tertiary/aromatic N) is 4. The fourth-order valence-corrected chi connectivity index (χ4v) is 4.36. The largest absolute Gasteiger partial charge is 0.363 e. The number of aromatic amines is 1. The van der Waals surface area contributed by atoms with Crippen LogP contribution in [0.3, 0.4) is 0 Å². The number of carbonyl (C=O) groups is 1. The highest BCUT2D eigenvalue weighted by Crippen LogP contribution is 2.35. The summed E-state index contributed by atoms with van der Waals surface area (Å²) in [5.41, 5.74) is 5.04. The zero-order chi connectivity index (χ0) is 22.2. The average Bonchev–Trinajstić information content (AvgIpc) is 3.53. The molecule has 1 unspecified atom stereocenters. The number of hydrogen-bond donors (Lipinski definition) is 4. The monoisotopic (exact) mass is 430 g/mol. The third kappa shape index (κ3) is 3.45. The molecule has 0 fully saturated rings. The number of amides is 1. The van der Waals surface area contributed by atoms with Crippen LogP contribution in [-0.4, -0.2) is 37.7 Å². The van der Waals surface area contributed by atoms with Crippen molar-refractivity contribution >= 4 is 34.4 Å². The zero-order valence-electron chi connectivity index (χ0n) is 18.3. The van der Waals surface area contributed by atoms with Crippen LogP contribution in [0.25, 0.3) is 11.0 Å². The molecular weight excluding hydrogens is 404 g/mol. The van der Waals surface area contributed by atoms with Gasteiger partial charge in [0.1, 0.15) is 17.5 Å². The lowest BCUT2D eigenvalue weighted by Gasteiger charge is -2.16. The van der Waals surface area contributed by atoms with E-state index in [0.29, 0.717) is 5.95 Å². The molecule has 3 heterocycles. The van der Waals surface area contributed by atoms with Gasteiger partial charge in [0, 0.05) is 13.2 Å². The molecule has 4 aromatic rings. The number of fused-ring (bicyclic) bond motifs is 2. The molecule has 2 atom stereocenters. The van der Waals surface area contributed by atoms with Gasteiger partial charge in [-0.3, -0.25) is 9.48 Å². The van der Waals surface area contributed by atoms with Gasteiger partial charge in [0.05, 0.1) is 29.0 Å². The van der Waals surface area contributed by atoms with Crippen LogP contribution in [0.15, 0.2) is 42.7 Å². The van der Waals surface area contributed by atoms with Gasteiger partial charge in [0.15, 0.2) is 0 Å². The van der Waals surface area contributed by atoms with E-state index in [9.17, 15) is 4.79 Å². The molecule has 5 rings (SSSR count). The Bertz CT molecular complexity index is 1290. The highest BCUT2D eigenvalue weighted by Gasteiger charge is 2.24. The van der Waals surface area contributed by atoms with Gasteiger partial charge in [-0.2, -0.15) is 15.1 Å². The molecule has 0 aliphatic heterocycles. The first kappa shape index (κ1) is 20.0. The first-order valence-electron chi connectivity index (χ1n) is 10.8. The van der Waals surface area contributed by atoms with Crippen molar-refractivity contribution in [1.29, 1.82) is 0 Å². The molecule has 1 aliphatic rings. The van der Waals surface area contributed by atoms with E-state index in [1.54, 1.807) is 17.9 Å². The molecule has 0 radical (unpaired) electrons. The van der Waals surface area contributed by atoms with Crippen molar-refractivity contribution in [3.63, 3.8) is 0 Å². The highest BCUT2D eigenvalue weighted by molar-refractivity contribution is 5.88. The van der Waals surface area contributed by atoms with Crippen molar-refractivity contribution in [2.75, 3.05) is 17.7 Å². The molecule has 0 spiro atoms. The molecule has 3 aromatic heterocycles. The Labute approximate surface area is 185 Å². The molecule has 4 N–H and O–H groups in total. The van der Waals surface area contributed by atoms with Crippen LogP contribution in [0.2, 0.25) is 0 Å². The lowest BCUT2D eigenvalue weighted by Crippen LogP contribution is -2.28. The van der Waals surface area contributed by atoms with E-state index in [-0.39, 0.29) is 11.9 Å². The summed E-state index contributed by atoms with van der Waals surface area (Å²) in [4.78, 5) is 24.6. The number of benzene rings is 1. The molecule has 1 aliphatic carbocycles. The molecule has 9 heteroatoms. The molecular formula is C23H26N8O. The number of aromatic nitrogens is 5. The Hall–Kier alpha value is -3.88. The predicted octanol–water partition coefficient (Wildman–Crippen LogP) is 3.61. The number of rotatable bonds is 6. The van der Waals surface area contributed by atoms with Crippen LogP contribution in [0.1, 0.15) is 42.2 Å². The summed E-state index contributed by atoms with van der Waals surface area (Å²) in [6, 6.07) is 10.3. The molecule has 0 bridgehead atoms. The third-order valence-electron chi connectivity index (χ3n) is 6.14. The first-order chi connectivity index (χ1) is 15.5. The molecule has 32 heavy (non-hydrogen) atoms. The molecule has 1 amide bonds. The number of H-pyrrole nitrogens is 1. The first-order valence-corrected chi connectivity index (χ1v) is 10.8. The summed E-state index contributed by atoms with van der Waals surface area (Å²) in [5, 5.41) is 14.9. The van der Waals surface area contributed by atoms with Crippen molar-refractivity contribution in [1.82, 2.24) is 30.0 Å². The summed E-state index contributed by atoms with van der Waals surface area (Å²) in [7, 11) is 1.62. The van der Waals surface area contributed by atoms with E-state index in [1.165, 1.54) is 11.1 Å². The second-order valence-electron chi connectivity index (χ2n) is 8.07. The van der Waals surface area contributed by atoms with Crippen molar-refractivity contribution in [3.05, 3.63) is 59.5 Å². The van der Waals surface area contributed by atoms with Gasteiger partial charge in [-0.05, 0) is 43.9 Å². The quantitative estimate of drug-likeness (QED) is 0.372. The Kier molecular flexibility index (Phi) is 5.01. The maximum atomic E-state index is 12.0. The number of hydrogen-bond acceptors (Lipinski definition) is 6. The maximum Gasteiger partial charge on any atom is 0.244 e. The topological polar surface area (TPSA) is 113 Å². The second-order valence-corrected chi connectivity index (χ2v) is 8.07. The van der Waals surface area contributed by atoms with Gasteiger partial charge >= 0.3 is 0 Å². The smallest absolute Gasteiger partial charge is 0.244 e. The SMILES string of the molecule is CNC(=O)C(C)n1ncc(Nc2nc(N[C@H]3CCc4ccccc43)c3cc[nH]c3n2)c1C. The van der Waals surface area contributed by atoms with Crippen LogP contribution >= 0.6 is 0 Å². The number of aryl methyl sites for hydroxylation is 1. The van der Waals surface area contributed by atoms with Crippen LogP contribution in [0.4, 0.5) is 17.5 Å². The van der Waals surface area contributed by atoms with E-state index in [2.05, 4.69) is 55.3 Å². The standard InChI is InChI=1S/C23H26N8O/c1-13-19(12-26-31(13)14(2)22(32)24-3)28-23-29-20-17(10-11-25-20)21(30-23)27-18-9-8-15-6-4-5-7-16(15)18/h4-7,10-12,14,18H,8-9H2,1-3H3,(H,24,32)(H3,25,27,28,29,30)/t14?,18-/m0/s1. The summed E-state index contributed by atoms with van der Waals surface area (Å²) in [6.07, 6.45) is 5.64. The fraction of sp³-hybridized carbons (Fsp3) is 0.304. The van der Waals surface area contributed by atoms with Crippen molar-refractivity contribution in [2.45, 2.75) is 38.8 Å².